The summed E-state index contributed by atoms with van der Waals surface area (Å²) in [6.45, 7) is 4.11. The summed E-state index contributed by atoms with van der Waals surface area (Å²) in [6.07, 6.45) is 4.23. The van der Waals surface area contributed by atoms with Crippen LogP contribution in [0, 0.1) is 5.92 Å². The van der Waals surface area contributed by atoms with Crippen LogP contribution in [-0.2, 0) is 17.6 Å². The van der Waals surface area contributed by atoms with Gasteiger partial charge in [0.2, 0.25) is 5.91 Å². The maximum Gasteiger partial charge on any atom is 0.225 e. The lowest BCUT2D eigenvalue weighted by Gasteiger charge is -2.49. The fourth-order valence-electron chi connectivity index (χ4n) is 4.79. The summed E-state index contributed by atoms with van der Waals surface area (Å²) >= 11 is 0. The number of carbonyl (C=O) groups excluding carboxylic acids is 1. The number of benzene rings is 2. The molecule has 2 unspecified atom stereocenters. The number of amides is 1. The Labute approximate surface area is 167 Å². The molecule has 1 amide bonds. The van der Waals surface area contributed by atoms with Crippen molar-refractivity contribution in [2.45, 2.75) is 37.8 Å². The predicted molar refractivity (Wildman–Crippen MR) is 113 cm³/mol. The van der Waals surface area contributed by atoms with E-state index < -0.39 is 0 Å². The number of rotatable bonds is 5. The average molecular weight is 376 g/mol. The van der Waals surface area contributed by atoms with Gasteiger partial charge in [-0.3, -0.25) is 9.69 Å². The van der Waals surface area contributed by atoms with Crippen LogP contribution in [0.3, 0.4) is 0 Å². The topological polar surface area (TPSA) is 35.6 Å². The predicted octanol–water partition coefficient (Wildman–Crippen LogP) is 2.87. The maximum atomic E-state index is 13.0. The number of nitrogens with zero attached hydrogens (tertiary/aromatic N) is 2. The molecular formula is C24H29N3O. The van der Waals surface area contributed by atoms with Crippen molar-refractivity contribution in [2.24, 2.45) is 5.92 Å². The molecule has 1 saturated carbocycles. The van der Waals surface area contributed by atoms with Crippen LogP contribution in [0.4, 0.5) is 5.69 Å². The summed E-state index contributed by atoms with van der Waals surface area (Å²) < 4.78 is 0. The standard InChI is InChI=1S/C24H29N3O/c28-24(25-20-10-11-20)21-16-19-8-4-5-9-22(19)27-15-14-26(17-23(21)27)13-12-18-6-2-1-3-7-18/h1-9,20-21,23H,10-17H2,(H,25,28). The monoisotopic (exact) mass is 375 g/mol. The SMILES string of the molecule is O=C(NC1CC1)C1Cc2ccccc2N2CCN(CCc3ccccc3)CC12. The molecule has 1 saturated heterocycles. The van der Waals surface area contributed by atoms with E-state index in [1.165, 1.54) is 16.8 Å². The minimum absolute atomic E-state index is 0.0509. The lowest BCUT2D eigenvalue weighted by atomic mass is 9.83. The number of nitrogens with one attached hydrogen (secondary N) is 1. The molecular weight excluding hydrogens is 346 g/mol. The highest BCUT2D eigenvalue weighted by Gasteiger charge is 2.42. The lowest BCUT2D eigenvalue weighted by molar-refractivity contribution is -0.126. The molecule has 4 heteroatoms. The second kappa shape index (κ2) is 7.59. The van der Waals surface area contributed by atoms with Crippen molar-refractivity contribution in [1.29, 1.82) is 0 Å². The molecule has 0 spiro atoms. The summed E-state index contributed by atoms with van der Waals surface area (Å²) in [6, 6.07) is 20.1. The highest BCUT2D eigenvalue weighted by molar-refractivity contribution is 5.82. The number of hydrogen-bond acceptors (Lipinski definition) is 3. The number of anilines is 1. The van der Waals surface area contributed by atoms with Gasteiger partial charge in [-0.1, -0.05) is 48.5 Å². The van der Waals surface area contributed by atoms with Crippen LogP contribution in [-0.4, -0.2) is 49.1 Å². The fourth-order valence-corrected chi connectivity index (χ4v) is 4.79. The van der Waals surface area contributed by atoms with Crippen molar-refractivity contribution in [3.63, 3.8) is 0 Å². The third-order valence-corrected chi connectivity index (χ3v) is 6.53. The summed E-state index contributed by atoms with van der Waals surface area (Å²) in [5.74, 6) is 0.312. The first kappa shape index (κ1) is 17.7. The second-order valence-electron chi connectivity index (χ2n) is 8.52. The van der Waals surface area contributed by atoms with E-state index in [1.807, 2.05) is 0 Å². The highest BCUT2D eigenvalue weighted by Crippen LogP contribution is 2.36. The average Bonchev–Trinajstić information content (AvgIpc) is 3.56. The van der Waals surface area contributed by atoms with Crippen LogP contribution in [0.25, 0.3) is 0 Å². The van der Waals surface area contributed by atoms with Gasteiger partial charge in [-0.05, 0) is 42.9 Å². The Hall–Kier alpha value is -2.33. The van der Waals surface area contributed by atoms with E-state index in [0.717, 1.165) is 51.9 Å². The van der Waals surface area contributed by atoms with Crippen molar-refractivity contribution in [2.75, 3.05) is 31.1 Å². The van der Waals surface area contributed by atoms with Gasteiger partial charge < -0.3 is 10.2 Å². The van der Waals surface area contributed by atoms with E-state index in [1.54, 1.807) is 0 Å². The van der Waals surface area contributed by atoms with Gasteiger partial charge in [0.05, 0.1) is 12.0 Å². The van der Waals surface area contributed by atoms with Crippen molar-refractivity contribution < 1.29 is 4.79 Å². The Kier molecular flexibility index (Phi) is 4.81. The number of fused-ring (bicyclic) bond motifs is 3. The Morgan fingerprint density at radius 1 is 1.00 bits per heavy atom. The van der Waals surface area contributed by atoms with Crippen molar-refractivity contribution >= 4 is 11.6 Å². The lowest BCUT2D eigenvalue weighted by Crippen LogP contribution is -2.61. The maximum absolute atomic E-state index is 13.0. The minimum atomic E-state index is 0.0509. The molecule has 1 N–H and O–H groups in total. The van der Waals surface area contributed by atoms with Gasteiger partial charge in [0.25, 0.3) is 0 Å². The Morgan fingerprint density at radius 2 is 1.79 bits per heavy atom. The van der Waals surface area contributed by atoms with Crippen LogP contribution in [0.1, 0.15) is 24.0 Å². The number of para-hydroxylation sites is 1. The molecule has 4 nitrogen and oxygen atoms in total. The van der Waals surface area contributed by atoms with Gasteiger partial charge in [0.15, 0.2) is 0 Å². The van der Waals surface area contributed by atoms with Crippen LogP contribution in [0.5, 0.6) is 0 Å². The van der Waals surface area contributed by atoms with E-state index in [-0.39, 0.29) is 17.9 Å². The Morgan fingerprint density at radius 3 is 2.61 bits per heavy atom. The van der Waals surface area contributed by atoms with Crippen LogP contribution in [0.2, 0.25) is 0 Å². The zero-order chi connectivity index (χ0) is 18.9. The third-order valence-electron chi connectivity index (χ3n) is 6.53. The van der Waals surface area contributed by atoms with Gasteiger partial charge in [-0.2, -0.15) is 0 Å². The van der Waals surface area contributed by atoms with Gasteiger partial charge >= 0.3 is 0 Å². The van der Waals surface area contributed by atoms with Crippen LogP contribution < -0.4 is 10.2 Å². The summed E-state index contributed by atoms with van der Waals surface area (Å²) in [5, 5.41) is 3.28. The summed E-state index contributed by atoms with van der Waals surface area (Å²) in [4.78, 5) is 18.1. The van der Waals surface area contributed by atoms with Crippen molar-refractivity contribution in [1.82, 2.24) is 10.2 Å². The van der Waals surface area contributed by atoms with Crippen molar-refractivity contribution in [3.8, 4) is 0 Å². The van der Waals surface area contributed by atoms with Crippen molar-refractivity contribution in [3.05, 3.63) is 65.7 Å². The van der Waals surface area contributed by atoms with Gasteiger partial charge in [-0.15, -0.1) is 0 Å². The van der Waals surface area contributed by atoms with E-state index in [0.29, 0.717) is 6.04 Å². The quantitative estimate of drug-likeness (QED) is 0.873. The summed E-state index contributed by atoms with van der Waals surface area (Å²) in [7, 11) is 0. The molecule has 2 heterocycles. The molecule has 2 fully saturated rings. The molecule has 2 aliphatic heterocycles. The zero-order valence-electron chi connectivity index (χ0n) is 16.4. The third kappa shape index (κ3) is 3.66. The molecule has 2 atom stereocenters. The molecule has 0 aromatic heterocycles. The number of carbonyl (C=O) groups is 1. The summed E-state index contributed by atoms with van der Waals surface area (Å²) in [5.41, 5.74) is 4.06. The number of piperazine rings is 1. The largest absolute Gasteiger partial charge is 0.365 e. The van der Waals surface area contributed by atoms with E-state index in [4.69, 9.17) is 0 Å². The van der Waals surface area contributed by atoms with E-state index >= 15 is 0 Å². The van der Waals surface area contributed by atoms with Gasteiger partial charge in [0.1, 0.15) is 0 Å². The molecule has 5 rings (SSSR count). The van der Waals surface area contributed by atoms with E-state index in [9.17, 15) is 4.79 Å². The smallest absolute Gasteiger partial charge is 0.225 e. The Balaban J connectivity index is 1.33. The first-order chi connectivity index (χ1) is 13.8. The molecule has 0 radical (unpaired) electrons. The van der Waals surface area contributed by atoms with Gasteiger partial charge in [-0.25, -0.2) is 0 Å². The minimum Gasteiger partial charge on any atom is -0.365 e. The first-order valence-corrected chi connectivity index (χ1v) is 10.7. The molecule has 2 aromatic rings. The molecule has 3 aliphatic rings. The molecule has 0 bridgehead atoms. The molecule has 2 aromatic carbocycles. The fraction of sp³-hybridized carbons (Fsp3) is 0.458. The Bertz CT molecular complexity index is 833. The molecule has 146 valence electrons. The zero-order valence-corrected chi connectivity index (χ0v) is 16.4. The van der Waals surface area contributed by atoms with Gasteiger partial charge in [0, 0.05) is 37.9 Å². The van der Waals surface area contributed by atoms with E-state index in [2.05, 4.69) is 69.7 Å². The normalized spacial score (nSPS) is 24.4. The number of hydrogen-bond donors (Lipinski definition) is 1. The molecule has 1 aliphatic carbocycles. The van der Waals surface area contributed by atoms with Crippen LogP contribution >= 0.6 is 0 Å². The van der Waals surface area contributed by atoms with Crippen LogP contribution in [0.15, 0.2) is 54.6 Å². The highest BCUT2D eigenvalue weighted by atomic mass is 16.2. The first-order valence-electron chi connectivity index (χ1n) is 10.7. The molecule has 28 heavy (non-hydrogen) atoms. The second-order valence-corrected chi connectivity index (χ2v) is 8.52.